The van der Waals surface area contributed by atoms with Crippen LogP contribution in [0.1, 0.15) is 37.5 Å². The molecule has 4 aromatic rings. The van der Waals surface area contributed by atoms with E-state index in [2.05, 4.69) is 15.3 Å². The fourth-order valence-corrected chi connectivity index (χ4v) is 4.34. The minimum Gasteiger partial charge on any atom is -0.505 e. The molecule has 170 valence electrons. The van der Waals surface area contributed by atoms with Crippen LogP contribution in [0.25, 0.3) is 10.9 Å². The third-order valence-electron chi connectivity index (χ3n) is 5.71. The summed E-state index contributed by atoms with van der Waals surface area (Å²) in [6, 6.07) is 14.3. The summed E-state index contributed by atoms with van der Waals surface area (Å²) in [6.45, 7) is 0.441. The first-order valence-electron chi connectivity index (χ1n) is 10.5. The van der Waals surface area contributed by atoms with E-state index in [0.29, 0.717) is 21.8 Å². The van der Waals surface area contributed by atoms with Gasteiger partial charge in [-0.1, -0.05) is 35.9 Å². The monoisotopic (exact) mass is 476 g/mol. The van der Waals surface area contributed by atoms with Crippen molar-refractivity contribution in [2.75, 3.05) is 0 Å². The maximum atomic E-state index is 13.3. The molecule has 2 aromatic heterocycles. The molecule has 2 N–H and O–H groups in total. The van der Waals surface area contributed by atoms with Gasteiger partial charge in [0, 0.05) is 30.2 Å². The Balaban J connectivity index is 1.53. The summed E-state index contributed by atoms with van der Waals surface area (Å²) in [7, 11) is 0. The summed E-state index contributed by atoms with van der Waals surface area (Å²) in [5.74, 6) is -1.48. The van der Waals surface area contributed by atoms with E-state index in [9.17, 15) is 19.1 Å². The molecule has 1 aliphatic rings. The van der Waals surface area contributed by atoms with E-state index in [1.807, 2.05) is 0 Å². The van der Waals surface area contributed by atoms with Crippen LogP contribution in [0.4, 0.5) is 4.39 Å². The molecule has 0 saturated carbocycles. The van der Waals surface area contributed by atoms with Gasteiger partial charge in [-0.3, -0.25) is 14.6 Å². The van der Waals surface area contributed by atoms with Gasteiger partial charge in [0.1, 0.15) is 16.5 Å². The van der Waals surface area contributed by atoms with E-state index >= 15 is 0 Å². The lowest BCUT2D eigenvalue weighted by Crippen LogP contribution is -2.25. The van der Waals surface area contributed by atoms with Gasteiger partial charge in [-0.2, -0.15) is 0 Å². The molecular formula is C25H18ClFN4O3. The van der Waals surface area contributed by atoms with Crippen LogP contribution in [0.5, 0.6) is 5.75 Å². The average molecular weight is 477 g/mol. The first-order valence-corrected chi connectivity index (χ1v) is 10.9. The number of halogens is 2. The minimum absolute atomic E-state index is 0.0549. The van der Waals surface area contributed by atoms with Gasteiger partial charge in [0.25, 0.3) is 11.8 Å². The van der Waals surface area contributed by atoms with Gasteiger partial charge in [-0.05, 0) is 35.9 Å². The molecular weight excluding hydrogens is 459 g/mol. The Kier molecular flexibility index (Phi) is 5.59. The Labute approximate surface area is 198 Å². The highest BCUT2D eigenvalue weighted by Gasteiger charge is 2.36. The highest BCUT2D eigenvalue weighted by Crippen LogP contribution is 2.40. The van der Waals surface area contributed by atoms with Crippen LogP contribution in [0, 0.1) is 5.82 Å². The molecule has 34 heavy (non-hydrogen) atoms. The van der Waals surface area contributed by atoms with Gasteiger partial charge in [0.15, 0.2) is 5.75 Å². The van der Waals surface area contributed by atoms with Gasteiger partial charge < -0.3 is 15.3 Å². The summed E-state index contributed by atoms with van der Waals surface area (Å²) in [6.07, 6.45) is 1.49. The average Bonchev–Trinajstić information content (AvgIpc) is 3.15. The zero-order chi connectivity index (χ0) is 23.8. The van der Waals surface area contributed by atoms with Crippen molar-refractivity contribution in [3.8, 4) is 5.75 Å². The number of phenols is 1. The number of pyridine rings is 2. The minimum atomic E-state index is -0.424. The Morgan fingerprint density at radius 3 is 2.71 bits per heavy atom. The number of aromatic nitrogens is 2. The van der Waals surface area contributed by atoms with Crippen molar-refractivity contribution < 1.29 is 19.1 Å². The van der Waals surface area contributed by atoms with Crippen molar-refractivity contribution in [2.24, 2.45) is 0 Å². The zero-order valence-corrected chi connectivity index (χ0v) is 18.5. The third-order valence-corrected chi connectivity index (χ3v) is 5.92. The zero-order valence-electron chi connectivity index (χ0n) is 17.8. The molecule has 0 spiro atoms. The number of carbonyl (C=O) groups excluding carboxylic acids is 2. The molecule has 1 aliphatic heterocycles. The van der Waals surface area contributed by atoms with Crippen LogP contribution in [-0.4, -0.2) is 31.8 Å². The number of rotatable bonds is 5. The Bertz CT molecular complexity index is 1440. The molecule has 5 rings (SSSR count). The van der Waals surface area contributed by atoms with Crippen molar-refractivity contribution >= 4 is 34.3 Å². The Morgan fingerprint density at radius 1 is 1.15 bits per heavy atom. The lowest BCUT2D eigenvalue weighted by molar-refractivity contribution is 0.0763. The molecule has 0 saturated heterocycles. The number of hydrogen-bond donors (Lipinski definition) is 2. The number of carbonyl (C=O) groups is 2. The molecule has 0 radical (unpaired) electrons. The maximum absolute atomic E-state index is 13.3. The van der Waals surface area contributed by atoms with E-state index in [1.54, 1.807) is 42.5 Å². The van der Waals surface area contributed by atoms with Gasteiger partial charge in [-0.15, -0.1) is 0 Å². The fraction of sp³-hybridized carbons (Fsp3) is 0.120. The van der Waals surface area contributed by atoms with E-state index in [1.165, 1.54) is 23.2 Å². The molecule has 0 bridgehead atoms. The van der Waals surface area contributed by atoms with Crippen LogP contribution in [0.15, 0.2) is 60.8 Å². The maximum Gasteiger partial charge on any atom is 0.258 e. The highest BCUT2D eigenvalue weighted by atomic mass is 35.5. The van der Waals surface area contributed by atoms with E-state index in [-0.39, 0.29) is 47.8 Å². The van der Waals surface area contributed by atoms with Crippen molar-refractivity contribution in [2.45, 2.75) is 19.6 Å². The molecule has 0 atom stereocenters. The van der Waals surface area contributed by atoms with E-state index in [0.717, 1.165) is 5.56 Å². The van der Waals surface area contributed by atoms with Crippen LogP contribution >= 0.6 is 11.6 Å². The van der Waals surface area contributed by atoms with Crippen molar-refractivity contribution in [3.05, 3.63) is 99.7 Å². The first kappa shape index (κ1) is 21.8. The molecule has 2 aromatic carbocycles. The normalized spacial score (nSPS) is 12.8. The lowest BCUT2D eigenvalue weighted by Gasteiger charge is -2.16. The second kappa shape index (κ2) is 8.72. The van der Waals surface area contributed by atoms with Crippen LogP contribution < -0.4 is 5.32 Å². The second-order valence-electron chi connectivity index (χ2n) is 7.90. The Hall–Kier alpha value is -4.04. The third kappa shape index (κ3) is 3.92. The molecule has 3 heterocycles. The summed E-state index contributed by atoms with van der Waals surface area (Å²) >= 11 is 5.93. The quantitative estimate of drug-likeness (QED) is 0.421. The van der Waals surface area contributed by atoms with E-state index < -0.39 is 11.8 Å². The predicted octanol–water partition coefficient (Wildman–Crippen LogP) is 4.21. The number of amides is 2. The SMILES string of the molecule is O=C(NCc1cccc(Cl)n1)c1c2c(c(O)c3ncccc13)C(=O)N(Cc1ccc(F)cc1)C2. The Morgan fingerprint density at radius 2 is 1.94 bits per heavy atom. The number of phenolic OH excluding ortho intramolecular Hbond substituents is 1. The topological polar surface area (TPSA) is 95.4 Å². The molecule has 7 nitrogen and oxygen atoms in total. The molecule has 2 amide bonds. The number of aromatic hydroxyl groups is 1. The number of fused-ring (bicyclic) bond motifs is 2. The largest absolute Gasteiger partial charge is 0.505 e. The van der Waals surface area contributed by atoms with Crippen LogP contribution in [-0.2, 0) is 19.6 Å². The molecule has 9 heteroatoms. The summed E-state index contributed by atoms with van der Waals surface area (Å²) in [4.78, 5) is 36.5. The first-order chi connectivity index (χ1) is 16.4. The summed E-state index contributed by atoms with van der Waals surface area (Å²) in [5.41, 5.74) is 2.22. The molecule has 0 unspecified atom stereocenters. The van der Waals surface area contributed by atoms with Crippen molar-refractivity contribution in [1.82, 2.24) is 20.2 Å². The number of hydrogen-bond acceptors (Lipinski definition) is 5. The molecule has 0 aliphatic carbocycles. The van der Waals surface area contributed by atoms with Crippen LogP contribution in [0.2, 0.25) is 5.15 Å². The summed E-state index contributed by atoms with van der Waals surface area (Å²) < 4.78 is 13.3. The van der Waals surface area contributed by atoms with E-state index in [4.69, 9.17) is 11.6 Å². The summed E-state index contributed by atoms with van der Waals surface area (Å²) in [5, 5.41) is 14.5. The van der Waals surface area contributed by atoms with Crippen molar-refractivity contribution in [1.29, 1.82) is 0 Å². The lowest BCUT2D eigenvalue weighted by atomic mass is 9.96. The fourth-order valence-electron chi connectivity index (χ4n) is 4.16. The van der Waals surface area contributed by atoms with Gasteiger partial charge in [0.05, 0.1) is 23.4 Å². The predicted molar refractivity (Wildman–Crippen MR) is 124 cm³/mol. The van der Waals surface area contributed by atoms with Gasteiger partial charge >= 0.3 is 0 Å². The smallest absolute Gasteiger partial charge is 0.258 e. The second-order valence-corrected chi connectivity index (χ2v) is 8.29. The highest BCUT2D eigenvalue weighted by molar-refractivity contribution is 6.29. The van der Waals surface area contributed by atoms with Gasteiger partial charge in [-0.25, -0.2) is 9.37 Å². The number of benzene rings is 2. The standard InChI is InChI=1S/C25H18ClFN4O3/c26-19-5-1-3-16(30-19)11-29-24(33)20-17-4-2-10-28-22(17)23(32)21-18(20)13-31(25(21)34)12-14-6-8-15(27)9-7-14/h1-10,32H,11-13H2,(H,29,33). The number of nitrogens with one attached hydrogen (secondary N) is 1. The van der Waals surface area contributed by atoms with Crippen molar-refractivity contribution in [3.63, 3.8) is 0 Å². The van der Waals surface area contributed by atoms with Crippen LogP contribution in [0.3, 0.4) is 0 Å². The molecule has 0 fully saturated rings. The number of nitrogens with zero attached hydrogens (tertiary/aromatic N) is 3. The van der Waals surface area contributed by atoms with Gasteiger partial charge in [0.2, 0.25) is 0 Å².